The van der Waals surface area contributed by atoms with E-state index in [4.69, 9.17) is 14.6 Å². The number of hydrogen-bond donors (Lipinski definition) is 3. The van der Waals surface area contributed by atoms with E-state index in [0.717, 1.165) is 0 Å². The fourth-order valence-electron chi connectivity index (χ4n) is 2.77. The number of aliphatic hydroxyl groups is 1. The number of rotatable bonds is 12. The number of carboxylic acid groups (broad SMARTS) is 2. The maximum absolute atomic E-state index is 12.2. The molecule has 0 saturated heterocycles. The third kappa shape index (κ3) is 8.20. The van der Waals surface area contributed by atoms with Crippen molar-refractivity contribution < 1.29 is 39.2 Å². The molecule has 1 aliphatic carbocycles. The third-order valence-electron chi connectivity index (χ3n) is 4.06. The molecule has 0 aromatic carbocycles. The molecule has 1 saturated carbocycles. The highest BCUT2D eigenvalue weighted by Crippen LogP contribution is 2.37. The number of carbonyl (C=O) groups is 3. The summed E-state index contributed by atoms with van der Waals surface area (Å²) >= 11 is 1.43. The van der Waals surface area contributed by atoms with Crippen molar-refractivity contribution in [1.29, 1.82) is 0 Å². The number of ether oxygens (including phenoxy) is 2. The van der Waals surface area contributed by atoms with Crippen molar-refractivity contribution in [2.24, 2.45) is 11.8 Å². The van der Waals surface area contributed by atoms with E-state index in [9.17, 15) is 24.6 Å². The zero-order chi connectivity index (χ0) is 19.5. The third-order valence-corrected chi connectivity index (χ3v) is 5.39. The first-order chi connectivity index (χ1) is 12.3. The number of carboxylic acids is 2. The summed E-state index contributed by atoms with van der Waals surface area (Å²) in [6.07, 6.45) is 1.86. The minimum atomic E-state index is -1.06. The van der Waals surface area contributed by atoms with Gasteiger partial charge in [-0.1, -0.05) is 6.08 Å². The number of carbonyl (C=O) groups excluding carboxylic acids is 1. The summed E-state index contributed by atoms with van der Waals surface area (Å²) in [7, 11) is 0. The average molecular weight is 390 g/mol. The SMILES string of the molecule is C=CCOCC(O)COC(=O)C1CCC(SCCC(=O)O)CC1C(=O)O. The second-order valence-electron chi connectivity index (χ2n) is 6.11. The van der Waals surface area contributed by atoms with Crippen LogP contribution in [0.15, 0.2) is 12.7 Å². The van der Waals surface area contributed by atoms with Crippen molar-refractivity contribution in [3.63, 3.8) is 0 Å². The van der Waals surface area contributed by atoms with Gasteiger partial charge in [0.05, 0.1) is 31.5 Å². The molecule has 0 radical (unpaired) electrons. The maximum atomic E-state index is 12.2. The number of thioether (sulfide) groups is 1. The summed E-state index contributed by atoms with van der Waals surface area (Å²) < 4.78 is 10.1. The van der Waals surface area contributed by atoms with Crippen molar-refractivity contribution in [3.8, 4) is 0 Å². The van der Waals surface area contributed by atoms with Crippen LogP contribution in [0.5, 0.6) is 0 Å². The molecule has 1 rings (SSSR count). The van der Waals surface area contributed by atoms with Crippen molar-refractivity contribution in [1.82, 2.24) is 0 Å². The van der Waals surface area contributed by atoms with Crippen LogP contribution >= 0.6 is 11.8 Å². The van der Waals surface area contributed by atoms with E-state index in [2.05, 4.69) is 6.58 Å². The Kier molecular flexibility index (Phi) is 10.3. The summed E-state index contributed by atoms with van der Waals surface area (Å²) in [6.45, 7) is 3.49. The largest absolute Gasteiger partial charge is 0.481 e. The van der Waals surface area contributed by atoms with Crippen molar-refractivity contribution in [2.45, 2.75) is 37.0 Å². The van der Waals surface area contributed by atoms with Gasteiger partial charge in [-0.25, -0.2) is 0 Å². The number of esters is 1. The molecule has 148 valence electrons. The quantitative estimate of drug-likeness (QED) is 0.255. The predicted molar refractivity (Wildman–Crippen MR) is 94.9 cm³/mol. The Morgan fingerprint density at radius 1 is 1.19 bits per heavy atom. The highest BCUT2D eigenvalue weighted by Gasteiger charge is 2.40. The van der Waals surface area contributed by atoms with Gasteiger partial charge >= 0.3 is 17.9 Å². The average Bonchev–Trinajstić information content (AvgIpc) is 2.59. The Labute approximate surface area is 156 Å². The zero-order valence-electron chi connectivity index (χ0n) is 14.5. The highest BCUT2D eigenvalue weighted by molar-refractivity contribution is 7.99. The number of aliphatic hydroxyl groups excluding tert-OH is 1. The van der Waals surface area contributed by atoms with E-state index in [0.29, 0.717) is 25.0 Å². The molecular weight excluding hydrogens is 364 g/mol. The summed E-state index contributed by atoms with van der Waals surface area (Å²) in [4.78, 5) is 34.3. The molecule has 0 spiro atoms. The van der Waals surface area contributed by atoms with Gasteiger partial charge in [0.25, 0.3) is 0 Å². The van der Waals surface area contributed by atoms with E-state index in [-0.39, 0.29) is 31.5 Å². The van der Waals surface area contributed by atoms with Crippen molar-refractivity contribution >= 4 is 29.7 Å². The van der Waals surface area contributed by atoms with Gasteiger partial charge in [-0.05, 0) is 19.3 Å². The van der Waals surface area contributed by atoms with Crippen LogP contribution < -0.4 is 0 Å². The molecular formula is C17H26O8S. The van der Waals surface area contributed by atoms with Crippen LogP contribution in [0.1, 0.15) is 25.7 Å². The Balaban J connectivity index is 2.46. The van der Waals surface area contributed by atoms with Crippen LogP contribution in [0, 0.1) is 11.8 Å². The fraction of sp³-hybridized carbons (Fsp3) is 0.706. The Hall–Kier alpha value is -1.58. The van der Waals surface area contributed by atoms with Gasteiger partial charge in [-0.2, -0.15) is 11.8 Å². The molecule has 3 N–H and O–H groups in total. The van der Waals surface area contributed by atoms with Crippen molar-refractivity contribution in [3.05, 3.63) is 12.7 Å². The standard InChI is InChI=1S/C17H26O8S/c1-2-6-24-9-11(18)10-25-17(23)13-4-3-12(8-14(13)16(21)22)26-7-5-15(19)20/h2,11-14,18H,1,3-10H2,(H,19,20)(H,21,22). The van der Waals surface area contributed by atoms with Crippen LogP contribution in [-0.2, 0) is 23.9 Å². The van der Waals surface area contributed by atoms with E-state index in [1.54, 1.807) is 0 Å². The Bertz CT molecular complexity index is 495. The first-order valence-electron chi connectivity index (χ1n) is 8.44. The molecule has 1 aliphatic rings. The smallest absolute Gasteiger partial charge is 0.309 e. The lowest BCUT2D eigenvalue weighted by Gasteiger charge is -2.32. The van der Waals surface area contributed by atoms with Gasteiger partial charge in [0.15, 0.2) is 0 Å². The van der Waals surface area contributed by atoms with Gasteiger partial charge in [0.2, 0.25) is 0 Å². The van der Waals surface area contributed by atoms with E-state index < -0.39 is 35.8 Å². The van der Waals surface area contributed by atoms with Crippen molar-refractivity contribution in [2.75, 3.05) is 25.6 Å². The lowest BCUT2D eigenvalue weighted by molar-refractivity contribution is -0.162. The van der Waals surface area contributed by atoms with Gasteiger partial charge in [0, 0.05) is 11.0 Å². The second kappa shape index (κ2) is 11.9. The lowest BCUT2D eigenvalue weighted by Crippen LogP contribution is -2.38. The molecule has 1 fully saturated rings. The van der Waals surface area contributed by atoms with Crippen LogP contribution in [0.2, 0.25) is 0 Å². The molecule has 26 heavy (non-hydrogen) atoms. The zero-order valence-corrected chi connectivity index (χ0v) is 15.4. The van der Waals surface area contributed by atoms with E-state index in [1.807, 2.05) is 0 Å². The first-order valence-corrected chi connectivity index (χ1v) is 9.49. The van der Waals surface area contributed by atoms with Gasteiger partial charge in [-0.15, -0.1) is 6.58 Å². The molecule has 0 heterocycles. The lowest BCUT2D eigenvalue weighted by atomic mass is 9.79. The fourth-order valence-corrected chi connectivity index (χ4v) is 4.04. The number of hydrogen-bond acceptors (Lipinski definition) is 7. The summed E-state index contributed by atoms with van der Waals surface area (Å²) in [5.74, 6) is -3.80. The van der Waals surface area contributed by atoms with Crippen LogP contribution in [0.4, 0.5) is 0 Å². The Morgan fingerprint density at radius 3 is 2.54 bits per heavy atom. The highest BCUT2D eigenvalue weighted by atomic mass is 32.2. The molecule has 0 aromatic heterocycles. The number of aliphatic carboxylic acids is 2. The summed E-state index contributed by atoms with van der Waals surface area (Å²) in [5, 5.41) is 27.8. The van der Waals surface area contributed by atoms with Gasteiger partial charge < -0.3 is 24.8 Å². The molecule has 0 aromatic rings. The van der Waals surface area contributed by atoms with Gasteiger partial charge in [0.1, 0.15) is 12.7 Å². The topological polar surface area (TPSA) is 130 Å². The molecule has 0 amide bonds. The predicted octanol–water partition coefficient (Wildman–Crippen LogP) is 1.17. The summed E-state index contributed by atoms with van der Waals surface area (Å²) in [5.41, 5.74) is 0. The van der Waals surface area contributed by atoms with E-state index in [1.165, 1.54) is 17.8 Å². The normalized spacial score (nSPS) is 23.8. The molecule has 4 unspecified atom stereocenters. The summed E-state index contributed by atoms with van der Waals surface area (Å²) in [6, 6.07) is 0. The minimum Gasteiger partial charge on any atom is -0.481 e. The maximum Gasteiger partial charge on any atom is 0.309 e. The van der Waals surface area contributed by atoms with Gasteiger partial charge in [-0.3, -0.25) is 14.4 Å². The minimum absolute atomic E-state index is 0.00534. The molecule has 0 aliphatic heterocycles. The molecule has 9 heteroatoms. The molecule has 8 nitrogen and oxygen atoms in total. The second-order valence-corrected chi connectivity index (χ2v) is 7.52. The Morgan fingerprint density at radius 2 is 1.92 bits per heavy atom. The van der Waals surface area contributed by atoms with Crippen LogP contribution in [0.3, 0.4) is 0 Å². The first kappa shape index (κ1) is 22.5. The molecule has 0 bridgehead atoms. The van der Waals surface area contributed by atoms with E-state index >= 15 is 0 Å². The monoisotopic (exact) mass is 390 g/mol. The molecule has 4 atom stereocenters. The van der Waals surface area contributed by atoms with Crippen LogP contribution in [0.25, 0.3) is 0 Å². The van der Waals surface area contributed by atoms with Crippen LogP contribution in [-0.4, -0.2) is 70.2 Å².